The molecule has 0 bridgehead atoms. The maximum absolute atomic E-state index is 9.67. The Labute approximate surface area is 118 Å². The van der Waals surface area contributed by atoms with Crippen molar-refractivity contribution in [2.24, 2.45) is 0 Å². The number of ether oxygens (including phenoxy) is 2. The minimum atomic E-state index is -0.444. The molecule has 2 rings (SSSR count). The van der Waals surface area contributed by atoms with Gasteiger partial charge in [-0.3, -0.25) is 0 Å². The summed E-state index contributed by atoms with van der Waals surface area (Å²) in [5.74, 6) is 1.30. The van der Waals surface area contributed by atoms with Crippen LogP contribution in [-0.4, -0.2) is 30.0 Å². The van der Waals surface area contributed by atoms with Crippen molar-refractivity contribution >= 4 is 11.6 Å². The molecule has 1 atom stereocenters. The summed E-state index contributed by atoms with van der Waals surface area (Å²) in [5.41, 5.74) is 0.641. The predicted molar refractivity (Wildman–Crippen MR) is 75.0 cm³/mol. The first kappa shape index (κ1) is 14.4. The van der Waals surface area contributed by atoms with Crippen LogP contribution < -0.4 is 14.8 Å². The molecule has 0 aromatic heterocycles. The molecule has 4 nitrogen and oxygen atoms in total. The number of aliphatic hydroxyl groups excluding tert-OH is 1. The van der Waals surface area contributed by atoms with Crippen LogP contribution in [0.1, 0.15) is 26.3 Å². The molecule has 5 heteroatoms. The molecular weight excluding hydrogens is 266 g/mol. The van der Waals surface area contributed by atoms with E-state index in [1.165, 1.54) is 0 Å². The number of halogens is 1. The molecule has 0 fully saturated rings. The van der Waals surface area contributed by atoms with E-state index in [1.54, 1.807) is 6.92 Å². The van der Waals surface area contributed by atoms with Gasteiger partial charge in [-0.05, 0) is 38.5 Å². The SMILES string of the molecule is CC(O)C(C)(C)NCc1cc(Cl)c2c(c1)OCCO2. The molecule has 0 spiro atoms. The number of fused-ring (bicyclic) bond motifs is 1. The topological polar surface area (TPSA) is 50.7 Å². The minimum Gasteiger partial charge on any atom is -0.486 e. The van der Waals surface area contributed by atoms with E-state index in [1.807, 2.05) is 26.0 Å². The largest absolute Gasteiger partial charge is 0.486 e. The van der Waals surface area contributed by atoms with E-state index in [0.29, 0.717) is 36.3 Å². The third-order valence-electron chi connectivity index (χ3n) is 3.45. The summed E-state index contributed by atoms with van der Waals surface area (Å²) < 4.78 is 11.0. The fourth-order valence-electron chi connectivity index (χ4n) is 1.74. The van der Waals surface area contributed by atoms with Crippen molar-refractivity contribution in [3.8, 4) is 11.5 Å². The van der Waals surface area contributed by atoms with Crippen molar-refractivity contribution in [1.29, 1.82) is 0 Å². The van der Waals surface area contributed by atoms with Crippen molar-refractivity contribution in [2.45, 2.75) is 39.0 Å². The van der Waals surface area contributed by atoms with Gasteiger partial charge in [-0.15, -0.1) is 0 Å². The Morgan fingerprint density at radius 1 is 1.37 bits per heavy atom. The van der Waals surface area contributed by atoms with E-state index in [0.717, 1.165) is 5.56 Å². The molecule has 1 unspecified atom stereocenters. The van der Waals surface area contributed by atoms with Gasteiger partial charge in [0.25, 0.3) is 0 Å². The average molecular weight is 286 g/mol. The molecule has 1 heterocycles. The Morgan fingerprint density at radius 2 is 2.05 bits per heavy atom. The van der Waals surface area contributed by atoms with Gasteiger partial charge in [0.15, 0.2) is 11.5 Å². The fraction of sp³-hybridized carbons (Fsp3) is 0.571. The second-order valence-electron chi connectivity index (χ2n) is 5.35. The second kappa shape index (κ2) is 5.57. The zero-order chi connectivity index (χ0) is 14.0. The van der Waals surface area contributed by atoms with E-state index in [9.17, 15) is 5.11 Å². The average Bonchev–Trinajstić information content (AvgIpc) is 2.36. The van der Waals surface area contributed by atoms with Crippen molar-refractivity contribution < 1.29 is 14.6 Å². The van der Waals surface area contributed by atoms with Gasteiger partial charge in [0.2, 0.25) is 0 Å². The molecule has 2 N–H and O–H groups in total. The molecule has 1 aromatic carbocycles. The third kappa shape index (κ3) is 3.32. The number of hydrogen-bond acceptors (Lipinski definition) is 4. The zero-order valence-corrected chi connectivity index (χ0v) is 12.3. The maximum Gasteiger partial charge on any atom is 0.179 e. The van der Waals surface area contributed by atoms with Crippen LogP contribution in [0.2, 0.25) is 5.02 Å². The maximum atomic E-state index is 9.67. The molecule has 1 aromatic rings. The van der Waals surface area contributed by atoms with E-state index in [4.69, 9.17) is 21.1 Å². The van der Waals surface area contributed by atoms with Crippen LogP contribution in [0.15, 0.2) is 12.1 Å². The number of aliphatic hydroxyl groups is 1. The van der Waals surface area contributed by atoms with E-state index in [-0.39, 0.29) is 5.54 Å². The number of benzene rings is 1. The number of nitrogens with one attached hydrogen (secondary N) is 1. The Balaban J connectivity index is 2.12. The zero-order valence-electron chi connectivity index (χ0n) is 11.5. The predicted octanol–water partition coefficient (Wildman–Crippen LogP) is 2.36. The van der Waals surface area contributed by atoms with E-state index >= 15 is 0 Å². The van der Waals surface area contributed by atoms with Crippen LogP contribution in [-0.2, 0) is 6.54 Å². The van der Waals surface area contributed by atoms with Crippen LogP contribution in [0.25, 0.3) is 0 Å². The highest BCUT2D eigenvalue weighted by atomic mass is 35.5. The molecule has 19 heavy (non-hydrogen) atoms. The summed E-state index contributed by atoms with van der Waals surface area (Å²) in [6.07, 6.45) is -0.444. The Morgan fingerprint density at radius 3 is 2.74 bits per heavy atom. The molecule has 0 amide bonds. The molecule has 1 aliphatic heterocycles. The van der Waals surface area contributed by atoms with Crippen LogP contribution in [0, 0.1) is 0 Å². The smallest absolute Gasteiger partial charge is 0.179 e. The van der Waals surface area contributed by atoms with Gasteiger partial charge in [0, 0.05) is 12.1 Å². The monoisotopic (exact) mass is 285 g/mol. The van der Waals surface area contributed by atoms with Gasteiger partial charge in [-0.2, -0.15) is 0 Å². The minimum absolute atomic E-state index is 0.361. The number of hydrogen-bond donors (Lipinski definition) is 2. The van der Waals surface area contributed by atoms with E-state index in [2.05, 4.69) is 5.32 Å². The molecule has 0 radical (unpaired) electrons. The normalized spacial score (nSPS) is 16.3. The highest BCUT2D eigenvalue weighted by Crippen LogP contribution is 2.38. The Hall–Kier alpha value is -0.970. The van der Waals surface area contributed by atoms with Gasteiger partial charge in [-0.25, -0.2) is 0 Å². The second-order valence-corrected chi connectivity index (χ2v) is 5.76. The molecule has 0 aliphatic carbocycles. The van der Waals surface area contributed by atoms with Crippen LogP contribution in [0.3, 0.4) is 0 Å². The van der Waals surface area contributed by atoms with Gasteiger partial charge in [0.05, 0.1) is 11.1 Å². The van der Waals surface area contributed by atoms with Crippen molar-refractivity contribution in [3.05, 3.63) is 22.7 Å². The van der Waals surface area contributed by atoms with Gasteiger partial charge in [0.1, 0.15) is 13.2 Å². The van der Waals surface area contributed by atoms with Gasteiger partial charge in [-0.1, -0.05) is 11.6 Å². The quantitative estimate of drug-likeness (QED) is 0.892. The van der Waals surface area contributed by atoms with Crippen molar-refractivity contribution in [3.63, 3.8) is 0 Å². The van der Waals surface area contributed by atoms with Crippen LogP contribution in [0.4, 0.5) is 0 Å². The van der Waals surface area contributed by atoms with Gasteiger partial charge < -0.3 is 19.9 Å². The first-order valence-corrected chi connectivity index (χ1v) is 6.79. The molecular formula is C14H20ClNO3. The lowest BCUT2D eigenvalue weighted by Gasteiger charge is -2.30. The Bertz CT molecular complexity index is 460. The lowest BCUT2D eigenvalue weighted by Crippen LogP contribution is -2.47. The standard InChI is InChI=1S/C14H20ClNO3/c1-9(17)14(2,3)16-8-10-6-11(15)13-12(7-10)18-4-5-19-13/h6-7,9,16-17H,4-5,8H2,1-3H3. The van der Waals surface area contributed by atoms with Crippen molar-refractivity contribution in [2.75, 3.05) is 13.2 Å². The summed E-state index contributed by atoms with van der Waals surface area (Å²) in [4.78, 5) is 0. The highest BCUT2D eigenvalue weighted by molar-refractivity contribution is 6.32. The number of rotatable bonds is 4. The lowest BCUT2D eigenvalue weighted by atomic mass is 9.98. The van der Waals surface area contributed by atoms with Gasteiger partial charge >= 0.3 is 0 Å². The molecule has 106 valence electrons. The third-order valence-corrected chi connectivity index (χ3v) is 3.73. The van der Waals surface area contributed by atoms with Crippen LogP contribution in [0.5, 0.6) is 11.5 Å². The summed E-state index contributed by atoms with van der Waals surface area (Å²) in [6, 6.07) is 3.78. The fourth-order valence-corrected chi connectivity index (χ4v) is 2.03. The first-order chi connectivity index (χ1) is 8.90. The molecule has 0 saturated carbocycles. The summed E-state index contributed by atoms with van der Waals surface area (Å²) in [7, 11) is 0. The summed E-state index contributed by atoms with van der Waals surface area (Å²) in [5, 5.41) is 13.5. The Kier molecular flexibility index (Phi) is 4.23. The first-order valence-electron chi connectivity index (χ1n) is 6.41. The molecule has 0 saturated heterocycles. The molecule has 1 aliphatic rings. The van der Waals surface area contributed by atoms with E-state index < -0.39 is 6.10 Å². The van der Waals surface area contributed by atoms with Crippen molar-refractivity contribution in [1.82, 2.24) is 5.32 Å². The summed E-state index contributed by atoms with van der Waals surface area (Å²) >= 11 is 6.18. The lowest BCUT2D eigenvalue weighted by molar-refractivity contribution is 0.0956. The summed E-state index contributed by atoms with van der Waals surface area (Å²) in [6.45, 7) is 7.35. The highest BCUT2D eigenvalue weighted by Gasteiger charge is 2.23. The van der Waals surface area contributed by atoms with Crippen LogP contribution >= 0.6 is 11.6 Å².